The first-order valence-electron chi connectivity index (χ1n) is 8.87. The molecular weight excluding hydrogens is 294 g/mol. The van der Waals surface area contributed by atoms with Crippen molar-refractivity contribution in [3.05, 3.63) is 18.5 Å². The molecule has 2 atom stereocenters. The lowest BCUT2D eigenvalue weighted by Gasteiger charge is -2.33. The Hall–Kier alpha value is -0.950. The summed E-state index contributed by atoms with van der Waals surface area (Å²) in [5, 5.41) is 14.4. The Morgan fingerprint density at radius 1 is 1.30 bits per heavy atom. The number of aliphatic hydroxyl groups is 1. The van der Waals surface area contributed by atoms with Crippen LogP contribution in [0.3, 0.4) is 0 Å². The van der Waals surface area contributed by atoms with Gasteiger partial charge in [-0.2, -0.15) is 5.10 Å². The van der Waals surface area contributed by atoms with E-state index in [-0.39, 0.29) is 6.10 Å². The first kappa shape index (κ1) is 16.9. The second kappa shape index (κ2) is 8.78. The van der Waals surface area contributed by atoms with E-state index in [9.17, 15) is 5.11 Å². The molecule has 0 saturated carbocycles. The summed E-state index contributed by atoms with van der Waals surface area (Å²) >= 11 is 0. The summed E-state index contributed by atoms with van der Waals surface area (Å²) < 4.78 is 13.1. The van der Waals surface area contributed by atoms with Gasteiger partial charge in [0.15, 0.2) is 0 Å². The summed E-state index contributed by atoms with van der Waals surface area (Å²) in [6, 6.07) is 1.97. The number of nitrogens with zero attached hydrogens (tertiary/aromatic N) is 3. The van der Waals surface area contributed by atoms with Gasteiger partial charge in [-0.1, -0.05) is 0 Å². The van der Waals surface area contributed by atoms with Gasteiger partial charge in [0.2, 0.25) is 0 Å². The summed E-state index contributed by atoms with van der Waals surface area (Å²) in [6.07, 6.45) is 8.25. The molecule has 0 spiro atoms. The third-order valence-corrected chi connectivity index (χ3v) is 4.82. The van der Waals surface area contributed by atoms with Crippen molar-refractivity contribution < 1.29 is 14.6 Å². The third-order valence-electron chi connectivity index (χ3n) is 4.82. The van der Waals surface area contributed by atoms with Crippen LogP contribution in [0.1, 0.15) is 25.7 Å². The Balaban J connectivity index is 1.27. The van der Waals surface area contributed by atoms with Crippen molar-refractivity contribution >= 4 is 0 Å². The van der Waals surface area contributed by atoms with Crippen LogP contribution in [0.25, 0.3) is 0 Å². The molecular formula is C17H29N3O3. The molecule has 3 rings (SSSR count). The number of ether oxygens (including phenoxy) is 2. The van der Waals surface area contributed by atoms with E-state index >= 15 is 0 Å². The maximum absolute atomic E-state index is 10.1. The molecule has 0 unspecified atom stereocenters. The molecule has 0 aliphatic carbocycles. The SMILES string of the molecule is O[C@@H](COC[C@H]1CCCO1)CN1CCC(Cn2cccn2)CC1. The van der Waals surface area contributed by atoms with E-state index in [0.29, 0.717) is 25.7 Å². The molecule has 0 bridgehead atoms. The van der Waals surface area contributed by atoms with Crippen molar-refractivity contribution in [1.29, 1.82) is 0 Å². The molecule has 130 valence electrons. The molecule has 1 aromatic rings. The lowest BCUT2D eigenvalue weighted by Crippen LogP contribution is -2.41. The highest BCUT2D eigenvalue weighted by atomic mass is 16.5. The van der Waals surface area contributed by atoms with E-state index < -0.39 is 6.10 Å². The third kappa shape index (κ3) is 5.57. The van der Waals surface area contributed by atoms with Gasteiger partial charge in [0.1, 0.15) is 0 Å². The summed E-state index contributed by atoms with van der Waals surface area (Å²) in [4.78, 5) is 2.35. The fraction of sp³-hybridized carbons (Fsp3) is 0.824. The maximum atomic E-state index is 10.1. The number of rotatable bonds is 8. The van der Waals surface area contributed by atoms with Gasteiger partial charge in [-0.25, -0.2) is 0 Å². The average molecular weight is 323 g/mol. The van der Waals surface area contributed by atoms with Crippen molar-refractivity contribution in [2.75, 3.05) is 39.5 Å². The Morgan fingerprint density at radius 3 is 2.87 bits per heavy atom. The molecule has 0 radical (unpaired) electrons. The first-order chi connectivity index (χ1) is 11.3. The Bertz CT molecular complexity index is 426. The van der Waals surface area contributed by atoms with Crippen LogP contribution in [0.15, 0.2) is 18.5 Å². The zero-order valence-electron chi connectivity index (χ0n) is 13.8. The minimum absolute atomic E-state index is 0.236. The van der Waals surface area contributed by atoms with Gasteiger partial charge in [-0.3, -0.25) is 4.68 Å². The minimum Gasteiger partial charge on any atom is -0.389 e. The van der Waals surface area contributed by atoms with E-state index in [2.05, 4.69) is 10.00 Å². The van der Waals surface area contributed by atoms with Crippen molar-refractivity contribution in [3.8, 4) is 0 Å². The number of hydrogen-bond donors (Lipinski definition) is 1. The van der Waals surface area contributed by atoms with Gasteiger partial charge in [0, 0.05) is 32.1 Å². The van der Waals surface area contributed by atoms with Gasteiger partial charge in [-0.05, 0) is 50.8 Å². The van der Waals surface area contributed by atoms with Crippen molar-refractivity contribution in [1.82, 2.24) is 14.7 Å². The van der Waals surface area contributed by atoms with Crippen LogP contribution in [0, 0.1) is 5.92 Å². The van der Waals surface area contributed by atoms with Crippen LogP contribution in [0.2, 0.25) is 0 Å². The topological polar surface area (TPSA) is 59.8 Å². The second-order valence-electron chi connectivity index (χ2n) is 6.80. The summed E-state index contributed by atoms with van der Waals surface area (Å²) in [7, 11) is 0. The second-order valence-corrected chi connectivity index (χ2v) is 6.80. The van der Waals surface area contributed by atoms with Gasteiger partial charge in [-0.15, -0.1) is 0 Å². The molecule has 23 heavy (non-hydrogen) atoms. The number of aromatic nitrogens is 2. The quantitative estimate of drug-likeness (QED) is 0.778. The number of piperidine rings is 1. The van der Waals surface area contributed by atoms with E-state index in [4.69, 9.17) is 9.47 Å². The predicted molar refractivity (Wildman–Crippen MR) is 87.2 cm³/mol. The molecule has 2 saturated heterocycles. The fourth-order valence-corrected chi connectivity index (χ4v) is 3.49. The zero-order valence-corrected chi connectivity index (χ0v) is 13.8. The smallest absolute Gasteiger partial charge is 0.0900 e. The molecule has 6 nitrogen and oxygen atoms in total. The maximum Gasteiger partial charge on any atom is 0.0900 e. The molecule has 1 aromatic heterocycles. The Labute approximate surface area is 138 Å². The fourth-order valence-electron chi connectivity index (χ4n) is 3.49. The number of β-amino-alcohol motifs (C(OH)–C–C–N with tert-alkyl or cyclic N) is 1. The largest absolute Gasteiger partial charge is 0.389 e. The normalized spacial score (nSPS) is 25.0. The molecule has 2 fully saturated rings. The lowest BCUT2D eigenvalue weighted by molar-refractivity contribution is -0.0276. The first-order valence-corrected chi connectivity index (χ1v) is 8.87. The molecule has 0 aromatic carbocycles. The zero-order chi connectivity index (χ0) is 15.9. The van der Waals surface area contributed by atoms with Gasteiger partial charge < -0.3 is 19.5 Å². The van der Waals surface area contributed by atoms with Crippen molar-refractivity contribution in [2.45, 2.75) is 44.4 Å². The summed E-state index contributed by atoms with van der Waals surface area (Å²) in [6.45, 7) is 5.69. The summed E-state index contributed by atoms with van der Waals surface area (Å²) in [5.74, 6) is 0.694. The summed E-state index contributed by atoms with van der Waals surface area (Å²) in [5.41, 5.74) is 0. The van der Waals surface area contributed by atoms with E-state index in [1.165, 1.54) is 12.8 Å². The highest BCUT2D eigenvalue weighted by molar-refractivity contribution is 4.80. The van der Waals surface area contributed by atoms with Gasteiger partial charge >= 0.3 is 0 Å². The van der Waals surface area contributed by atoms with Crippen LogP contribution in [-0.2, 0) is 16.0 Å². The monoisotopic (exact) mass is 323 g/mol. The van der Waals surface area contributed by atoms with Crippen LogP contribution in [0.5, 0.6) is 0 Å². The highest BCUT2D eigenvalue weighted by Crippen LogP contribution is 2.19. The van der Waals surface area contributed by atoms with E-state index in [1.807, 2.05) is 23.1 Å². The van der Waals surface area contributed by atoms with Gasteiger partial charge in [0.25, 0.3) is 0 Å². The van der Waals surface area contributed by atoms with Crippen LogP contribution in [0.4, 0.5) is 0 Å². The molecule has 6 heteroatoms. The van der Waals surface area contributed by atoms with Gasteiger partial charge in [0.05, 0.1) is 25.4 Å². The molecule has 2 aliphatic heterocycles. The number of likely N-dealkylation sites (tertiary alicyclic amines) is 1. The standard InChI is InChI=1S/C17H29N3O3/c21-16(13-22-14-17-3-1-10-23-17)12-19-8-4-15(5-9-19)11-20-7-2-6-18-20/h2,6-7,15-17,21H,1,3-5,8-14H2/t16-,17-/m1/s1. The number of hydrogen-bond acceptors (Lipinski definition) is 5. The Kier molecular flexibility index (Phi) is 6.45. The van der Waals surface area contributed by atoms with E-state index in [0.717, 1.165) is 39.1 Å². The predicted octanol–water partition coefficient (Wildman–Crippen LogP) is 1.15. The molecule has 2 aliphatic rings. The lowest BCUT2D eigenvalue weighted by atomic mass is 9.96. The molecule has 3 heterocycles. The van der Waals surface area contributed by atoms with Crippen LogP contribution >= 0.6 is 0 Å². The molecule has 1 N–H and O–H groups in total. The van der Waals surface area contributed by atoms with E-state index in [1.54, 1.807) is 0 Å². The average Bonchev–Trinajstić information content (AvgIpc) is 3.23. The highest BCUT2D eigenvalue weighted by Gasteiger charge is 2.22. The van der Waals surface area contributed by atoms with Crippen LogP contribution < -0.4 is 0 Å². The minimum atomic E-state index is -0.404. The van der Waals surface area contributed by atoms with Crippen molar-refractivity contribution in [2.24, 2.45) is 5.92 Å². The molecule has 0 amide bonds. The van der Waals surface area contributed by atoms with Crippen molar-refractivity contribution in [3.63, 3.8) is 0 Å². The van der Waals surface area contributed by atoms with Crippen LogP contribution in [-0.4, -0.2) is 71.4 Å². The number of aliphatic hydroxyl groups excluding tert-OH is 1. The Morgan fingerprint density at radius 2 is 2.17 bits per heavy atom.